The van der Waals surface area contributed by atoms with Gasteiger partial charge in [-0.2, -0.15) is 0 Å². The molecule has 1 amide bonds. The van der Waals surface area contributed by atoms with Gasteiger partial charge in [0.1, 0.15) is 5.75 Å². The Morgan fingerprint density at radius 2 is 2.00 bits per heavy atom. The lowest BCUT2D eigenvalue weighted by Gasteiger charge is -2.17. The minimum atomic E-state index is -0.163. The maximum absolute atomic E-state index is 12.7. The Hall–Kier alpha value is -1.82. The Kier molecular flexibility index (Phi) is 4.71. The van der Waals surface area contributed by atoms with E-state index in [1.807, 2.05) is 30.3 Å². The Morgan fingerprint density at radius 1 is 1.22 bits per heavy atom. The highest BCUT2D eigenvalue weighted by molar-refractivity contribution is 8.27. The van der Waals surface area contributed by atoms with E-state index in [0.29, 0.717) is 25.7 Å². The van der Waals surface area contributed by atoms with Crippen LogP contribution in [0.15, 0.2) is 53.4 Å². The molecule has 0 aromatic heterocycles. The fourth-order valence-electron chi connectivity index (χ4n) is 2.24. The van der Waals surface area contributed by atoms with Crippen LogP contribution in [0.5, 0.6) is 5.75 Å². The minimum absolute atomic E-state index is 0.163. The number of rotatable bonds is 3. The highest BCUT2D eigenvalue weighted by atomic mass is 35.5. The maximum atomic E-state index is 12.7. The molecule has 1 heterocycles. The monoisotopic (exact) mass is 361 g/mol. The van der Waals surface area contributed by atoms with Crippen molar-refractivity contribution in [1.82, 2.24) is 0 Å². The van der Waals surface area contributed by atoms with Gasteiger partial charge in [0.25, 0.3) is 5.91 Å². The van der Waals surface area contributed by atoms with E-state index in [1.54, 1.807) is 31.4 Å². The molecule has 6 heteroatoms. The topological polar surface area (TPSA) is 29.5 Å². The molecule has 1 aliphatic rings. The largest absolute Gasteiger partial charge is 0.495 e. The first kappa shape index (κ1) is 16.1. The number of halogens is 1. The van der Waals surface area contributed by atoms with E-state index in [1.165, 1.54) is 16.7 Å². The van der Waals surface area contributed by atoms with E-state index >= 15 is 0 Å². The summed E-state index contributed by atoms with van der Waals surface area (Å²) < 4.78 is 5.80. The number of carbonyl (C=O) groups excluding carboxylic acids is 1. The van der Waals surface area contributed by atoms with E-state index in [9.17, 15) is 4.79 Å². The summed E-state index contributed by atoms with van der Waals surface area (Å²) >= 11 is 12.6. The van der Waals surface area contributed by atoms with Crippen LogP contribution < -0.4 is 9.64 Å². The van der Waals surface area contributed by atoms with Crippen molar-refractivity contribution in [3.05, 3.63) is 64.0 Å². The third-order valence-electron chi connectivity index (χ3n) is 3.27. The van der Waals surface area contributed by atoms with Crippen LogP contribution in [0.2, 0.25) is 5.02 Å². The molecule has 1 fully saturated rings. The van der Waals surface area contributed by atoms with Gasteiger partial charge >= 0.3 is 0 Å². The zero-order valence-electron chi connectivity index (χ0n) is 12.2. The number of para-hydroxylation sites is 2. The summed E-state index contributed by atoms with van der Waals surface area (Å²) in [7, 11) is 1.57. The molecule has 2 aromatic rings. The second kappa shape index (κ2) is 6.74. The predicted molar refractivity (Wildman–Crippen MR) is 100 cm³/mol. The van der Waals surface area contributed by atoms with E-state index < -0.39 is 0 Å². The number of thioether (sulfide) groups is 1. The first-order valence-electron chi connectivity index (χ1n) is 6.76. The molecular weight excluding hydrogens is 350 g/mol. The van der Waals surface area contributed by atoms with E-state index in [4.69, 9.17) is 28.6 Å². The number of anilines is 1. The predicted octanol–water partition coefficient (Wildman–Crippen LogP) is 4.75. The zero-order chi connectivity index (χ0) is 16.4. The third-order valence-corrected chi connectivity index (χ3v) is 4.80. The van der Waals surface area contributed by atoms with Crippen LogP contribution in [-0.2, 0) is 4.79 Å². The molecule has 1 saturated heterocycles. The van der Waals surface area contributed by atoms with Gasteiger partial charge in [-0.05, 0) is 35.9 Å². The number of carbonyl (C=O) groups is 1. The number of nitrogens with zero attached hydrogens (tertiary/aromatic N) is 1. The standard InChI is InChI=1S/C17H12ClNO2S2/c1-21-14-8-3-2-7-13(14)19-16(20)15(23-17(19)22)10-11-5-4-6-12(18)9-11/h2-10H,1H3/b15-10-. The number of hydrogen-bond donors (Lipinski definition) is 0. The molecule has 3 rings (SSSR count). The molecule has 0 spiro atoms. The Morgan fingerprint density at radius 3 is 2.74 bits per heavy atom. The van der Waals surface area contributed by atoms with Gasteiger partial charge in [-0.1, -0.05) is 59.8 Å². The number of hydrogen-bond acceptors (Lipinski definition) is 4. The van der Waals surface area contributed by atoms with Crippen LogP contribution in [0.25, 0.3) is 6.08 Å². The summed E-state index contributed by atoms with van der Waals surface area (Å²) in [6, 6.07) is 14.6. The molecule has 0 aliphatic carbocycles. The molecular formula is C17H12ClNO2S2. The van der Waals surface area contributed by atoms with Crippen molar-refractivity contribution in [1.29, 1.82) is 0 Å². The van der Waals surface area contributed by atoms with Crippen molar-refractivity contribution >= 4 is 57.6 Å². The quantitative estimate of drug-likeness (QED) is 0.582. The fraction of sp³-hybridized carbons (Fsp3) is 0.0588. The van der Waals surface area contributed by atoms with Crippen LogP contribution in [-0.4, -0.2) is 17.3 Å². The maximum Gasteiger partial charge on any atom is 0.270 e. The van der Waals surface area contributed by atoms with Crippen LogP contribution in [0.4, 0.5) is 5.69 Å². The lowest BCUT2D eigenvalue weighted by molar-refractivity contribution is -0.113. The highest BCUT2D eigenvalue weighted by Crippen LogP contribution is 2.39. The fourth-order valence-corrected chi connectivity index (χ4v) is 3.72. The van der Waals surface area contributed by atoms with Crippen molar-refractivity contribution < 1.29 is 9.53 Å². The summed E-state index contributed by atoms with van der Waals surface area (Å²) in [4.78, 5) is 14.8. The van der Waals surface area contributed by atoms with Gasteiger partial charge in [-0.3, -0.25) is 9.69 Å². The highest BCUT2D eigenvalue weighted by Gasteiger charge is 2.34. The smallest absolute Gasteiger partial charge is 0.270 e. The van der Waals surface area contributed by atoms with Crippen molar-refractivity contribution in [3.8, 4) is 5.75 Å². The summed E-state index contributed by atoms with van der Waals surface area (Å²) in [5.41, 5.74) is 1.50. The summed E-state index contributed by atoms with van der Waals surface area (Å²) in [6.07, 6.45) is 1.79. The second-order valence-electron chi connectivity index (χ2n) is 4.74. The average Bonchev–Trinajstić information content (AvgIpc) is 2.81. The van der Waals surface area contributed by atoms with Crippen LogP contribution >= 0.6 is 35.6 Å². The lowest BCUT2D eigenvalue weighted by Crippen LogP contribution is -2.27. The molecule has 0 unspecified atom stereocenters. The number of methoxy groups -OCH3 is 1. The van der Waals surface area contributed by atoms with Gasteiger partial charge < -0.3 is 4.74 Å². The van der Waals surface area contributed by atoms with Gasteiger partial charge in [0, 0.05) is 5.02 Å². The first-order valence-corrected chi connectivity index (χ1v) is 8.37. The van der Waals surface area contributed by atoms with Gasteiger partial charge in [0.05, 0.1) is 17.7 Å². The minimum Gasteiger partial charge on any atom is -0.495 e. The molecule has 3 nitrogen and oxygen atoms in total. The van der Waals surface area contributed by atoms with Crippen LogP contribution in [0.1, 0.15) is 5.56 Å². The first-order chi connectivity index (χ1) is 11.1. The van der Waals surface area contributed by atoms with Crippen LogP contribution in [0.3, 0.4) is 0 Å². The molecule has 0 bridgehead atoms. The van der Waals surface area contributed by atoms with Gasteiger partial charge in [-0.25, -0.2) is 0 Å². The molecule has 0 N–H and O–H groups in total. The molecule has 0 saturated carbocycles. The van der Waals surface area contributed by atoms with E-state index in [2.05, 4.69) is 0 Å². The van der Waals surface area contributed by atoms with Gasteiger partial charge in [-0.15, -0.1) is 0 Å². The van der Waals surface area contributed by atoms with Gasteiger partial charge in [0.15, 0.2) is 4.32 Å². The Bertz CT molecular complexity index is 820. The third kappa shape index (κ3) is 3.27. The molecule has 0 atom stereocenters. The molecule has 0 radical (unpaired) electrons. The summed E-state index contributed by atoms with van der Waals surface area (Å²) in [6.45, 7) is 0. The van der Waals surface area contributed by atoms with Crippen molar-refractivity contribution in [2.75, 3.05) is 12.0 Å². The Balaban J connectivity index is 1.97. The molecule has 1 aliphatic heterocycles. The van der Waals surface area contributed by atoms with Crippen molar-refractivity contribution in [2.24, 2.45) is 0 Å². The number of amides is 1. The molecule has 2 aromatic carbocycles. The van der Waals surface area contributed by atoms with Crippen LogP contribution in [0, 0.1) is 0 Å². The number of ether oxygens (including phenoxy) is 1. The Labute approximate surface area is 148 Å². The van der Waals surface area contributed by atoms with Crippen molar-refractivity contribution in [3.63, 3.8) is 0 Å². The lowest BCUT2D eigenvalue weighted by atomic mass is 10.2. The average molecular weight is 362 g/mol. The molecule has 116 valence electrons. The second-order valence-corrected chi connectivity index (χ2v) is 6.86. The van der Waals surface area contributed by atoms with Crippen molar-refractivity contribution in [2.45, 2.75) is 0 Å². The summed E-state index contributed by atoms with van der Waals surface area (Å²) in [5.74, 6) is 0.442. The normalized spacial score (nSPS) is 16.3. The van der Waals surface area contributed by atoms with E-state index in [0.717, 1.165) is 5.56 Å². The number of thiocarbonyl (C=S) groups is 1. The number of benzene rings is 2. The SMILES string of the molecule is COc1ccccc1N1C(=O)/C(=C/c2cccc(Cl)c2)SC1=S. The molecule has 23 heavy (non-hydrogen) atoms. The van der Waals surface area contributed by atoms with E-state index in [-0.39, 0.29) is 5.91 Å². The zero-order valence-corrected chi connectivity index (χ0v) is 14.5. The van der Waals surface area contributed by atoms with Gasteiger partial charge in [0.2, 0.25) is 0 Å². The summed E-state index contributed by atoms with van der Waals surface area (Å²) in [5, 5.41) is 0.624.